The van der Waals surface area contributed by atoms with Crippen LogP contribution in [-0.2, 0) is 14.4 Å². The third-order valence-corrected chi connectivity index (χ3v) is 5.64. The van der Waals surface area contributed by atoms with Crippen LogP contribution >= 0.6 is 0 Å². The van der Waals surface area contributed by atoms with Gasteiger partial charge in [0.2, 0.25) is 11.8 Å². The first-order chi connectivity index (χ1) is 13.7. The molecule has 1 aliphatic carbocycles. The lowest BCUT2D eigenvalue weighted by molar-refractivity contribution is -0.135. The summed E-state index contributed by atoms with van der Waals surface area (Å²) in [5.74, 6) is -1.59. The minimum absolute atomic E-state index is 0.147. The molecule has 1 spiro atoms. The smallest absolute Gasteiger partial charge is 0.325 e. The molecule has 1 aromatic rings. The number of imide groups is 1. The van der Waals surface area contributed by atoms with Crippen molar-refractivity contribution in [1.82, 2.24) is 10.2 Å². The molecule has 9 heteroatoms. The maximum atomic E-state index is 14.0. The Kier molecular flexibility index (Phi) is 5.86. The number of amides is 5. The molecule has 0 atom stereocenters. The molecule has 0 radical (unpaired) electrons. The Balaban J connectivity index is 1.66. The maximum Gasteiger partial charge on any atom is 0.325 e. The second-order valence-corrected chi connectivity index (χ2v) is 7.68. The van der Waals surface area contributed by atoms with Gasteiger partial charge in [0, 0.05) is 12.6 Å². The summed E-state index contributed by atoms with van der Waals surface area (Å²) in [5, 5.41) is 7.62. The summed E-state index contributed by atoms with van der Waals surface area (Å²) in [6, 6.07) is 3.14. The molecular weight excluding hydrogens is 379 g/mol. The van der Waals surface area contributed by atoms with E-state index in [1.807, 2.05) is 0 Å². The molecule has 1 aromatic carbocycles. The molecule has 0 unspecified atom stereocenters. The topological polar surface area (TPSA) is 108 Å². The second kappa shape index (κ2) is 8.18. The van der Waals surface area contributed by atoms with Crippen molar-refractivity contribution >= 4 is 35.1 Å². The van der Waals surface area contributed by atoms with Crippen LogP contribution in [0.2, 0.25) is 0 Å². The normalized spacial score (nSPS) is 23.8. The van der Waals surface area contributed by atoms with Crippen LogP contribution in [-0.4, -0.2) is 40.7 Å². The number of anilines is 2. The average molecular weight is 404 g/mol. The highest BCUT2D eigenvalue weighted by Gasteiger charge is 2.52. The van der Waals surface area contributed by atoms with Crippen molar-refractivity contribution in [2.45, 2.75) is 51.5 Å². The number of nitrogens with zero attached hydrogens (tertiary/aromatic N) is 1. The van der Waals surface area contributed by atoms with Gasteiger partial charge in [0.1, 0.15) is 17.9 Å². The van der Waals surface area contributed by atoms with Crippen LogP contribution in [0.15, 0.2) is 18.2 Å². The van der Waals surface area contributed by atoms with Crippen LogP contribution in [0.25, 0.3) is 0 Å². The number of carbonyl (C=O) groups is 4. The van der Waals surface area contributed by atoms with E-state index in [0.29, 0.717) is 24.4 Å². The summed E-state index contributed by atoms with van der Waals surface area (Å²) in [7, 11) is 0. The van der Waals surface area contributed by atoms with Gasteiger partial charge in [0.05, 0.1) is 5.69 Å². The van der Waals surface area contributed by atoms with Gasteiger partial charge in [-0.1, -0.05) is 13.3 Å². The van der Waals surface area contributed by atoms with Crippen LogP contribution in [0.1, 0.15) is 46.0 Å². The van der Waals surface area contributed by atoms with Gasteiger partial charge in [-0.05, 0) is 49.8 Å². The fraction of sp³-hybridized carbons (Fsp3) is 0.500. The number of hydrogen-bond donors (Lipinski definition) is 3. The Labute approximate surface area is 168 Å². The quantitative estimate of drug-likeness (QED) is 0.656. The Bertz CT molecular complexity index is 849. The van der Waals surface area contributed by atoms with Crippen LogP contribution in [0, 0.1) is 11.7 Å². The van der Waals surface area contributed by atoms with Gasteiger partial charge >= 0.3 is 6.03 Å². The first kappa shape index (κ1) is 20.8. The summed E-state index contributed by atoms with van der Waals surface area (Å²) in [5.41, 5.74) is -0.762. The third-order valence-electron chi connectivity index (χ3n) is 5.64. The minimum atomic E-state index is -0.931. The van der Waals surface area contributed by atoms with Crippen LogP contribution in [0.5, 0.6) is 0 Å². The SMILES string of the molecule is CCC1CCC2(CC1)NC(=O)N(CC(=O)Nc1cc(NC(C)=O)ccc1F)C2=O. The van der Waals surface area contributed by atoms with Gasteiger partial charge in [0.15, 0.2) is 0 Å². The van der Waals surface area contributed by atoms with Gasteiger partial charge in [-0.2, -0.15) is 0 Å². The number of halogens is 1. The molecule has 29 heavy (non-hydrogen) atoms. The molecular formula is C20H25FN4O4. The van der Waals surface area contributed by atoms with Crippen LogP contribution in [0.3, 0.4) is 0 Å². The zero-order valence-corrected chi connectivity index (χ0v) is 16.5. The molecule has 3 N–H and O–H groups in total. The van der Waals surface area contributed by atoms with Gasteiger partial charge in [-0.25, -0.2) is 9.18 Å². The Hall–Kier alpha value is -2.97. The van der Waals surface area contributed by atoms with Crippen molar-refractivity contribution in [3.63, 3.8) is 0 Å². The van der Waals surface area contributed by atoms with Crippen molar-refractivity contribution < 1.29 is 23.6 Å². The van der Waals surface area contributed by atoms with Gasteiger partial charge in [-0.3, -0.25) is 19.3 Å². The van der Waals surface area contributed by atoms with Crippen molar-refractivity contribution in [3.8, 4) is 0 Å². The number of carbonyl (C=O) groups excluding carboxylic acids is 4. The standard InChI is InChI=1S/C20H25FN4O4/c1-3-13-6-8-20(9-7-13)18(28)25(19(29)24-20)11-17(27)23-16-10-14(22-12(2)26)4-5-15(16)21/h4-5,10,13H,3,6-9,11H2,1-2H3,(H,22,26)(H,23,27)(H,24,29). The fourth-order valence-corrected chi connectivity index (χ4v) is 3.97. The van der Waals surface area contributed by atoms with E-state index in [-0.39, 0.29) is 11.6 Å². The predicted octanol–water partition coefficient (Wildman–Crippen LogP) is 2.61. The summed E-state index contributed by atoms with van der Waals surface area (Å²) in [6.07, 6.45) is 3.85. The fourth-order valence-electron chi connectivity index (χ4n) is 3.97. The van der Waals surface area contributed by atoms with Gasteiger partial charge < -0.3 is 16.0 Å². The highest BCUT2D eigenvalue weighted by atomic mass is 19.1. The summed E-state index contributed by atoms with van der Waals surface area (Å²) < 4.78 is 14.0. The summed E-state index contributed by atoms with van der Waals surface area (Å²) >= 11 is 0. The molecule has 1 aliphatic heterocycles. The number of rotatable bonds is 5. The number of benzene rings is 1. The Morgan fingerprint density at radius 2 is 1.93 bits per heavy atom. The molecule has 2 fully saturated rings. The molecule has 156 valence electrons. The third kappa shape index (κ3) is 4.38. The molecule has 0 aromatic heterocycles. The van der Waals surface area contributed by atoms with Crippen molar-refractivity contribution in [3.05, 3.63) is 24.0 Å². The zero-order chi connectivity index (χ0) is 21.2. The molecule has 1 heterocycles. The molecule has 5 amide bonds. The predicted molar refractivity (Wildman–Crippen MR) is 105 cm³/mol. The van der Waals surface area contributed by atoms with E-state index in [1.54, 1.807) is 0 Å². The van der Waals surface area contributed by atoms with Crippen molar-refractivity contribution in [1.29, 1.82) is 0 Å². The Morgan fingerprint density at radius 3 is 2.55 bits per heavy atom. The first-order valence-corrected chi connectivity index (χ1v) is 9.75. The Morgan fingerprint density at radius 1 is 1.24 bits per heavy atom. The van der Waals surface area contributed by atoms with E-state index in [4.69, 9.17) is 0 Å². The second-order valence-electron chi connectivity index (χ2n) is 7.68. The summed E-state index contributed by atoms with van der Waals surface area (Å²) in [4.78, 5) is 49.6. The van der Waals surface area contributed by atoms with E-state index in [1.165, 1.54) is 19.1 Å². The first-order valence-electron chi connectivity index (χ1n) is 9.75. The van der Waals surface area contributed by atoms with E-state index in [9.17, 15) is 23.6 Å². The lowest BCUT2D eigenvalue weighted by Crippen LogP contribution is -2.49. The maximum absolute atomic E-state index is 14.0. The van der Waals surface area contributed by atoms with E-state index in [0.717, 1.165) is 30.2 Å². The number of urea groups is 1. The average Bonchev–Trinajstić information content (AvgIpc) is 2.89. The molecule has 1 saturated carbocycles. The van der Waals surface area contributed by atoms with Crippen LogP contribution < -0.4 is 16.0 Å². The van der Waals surface area contributed by atoms with E-state index in [2.05, 4.69) is 22.9 Å². The molecule has 8 nitrogen and oxygen atoms in total. The minimum Gasteiger partial charge on any atom is -0.326 e. The number of hydrogen-bond acceptors (Lipinski definition) is 4. The molecule has 0 bridgehead atoms. The number of nitrogens with one attached hydrogen (secondary N) is 3. The molecule has 2 aliphatic rings. The van der Waals surface area contributed by atoms with Crippen LogP contribution in [0.4, 0.5) is 20.6 Å². The van der Waals surface area contributed by atoms with Gasteiger partial charge in [0.25, 0.3) is 5.91 Å². The molecule has 3 rings (SSSR count). The molecule has 1 saturated heterocycles. The summed E-state index contributed by atoms with van der Waals surface area (Å²) in [6.45, 7) is 2.91. The van der Waals surface area contributed by atoms with E-state index < -0.39 is 35.7 Å². The van der Waals surface area contributed by atoms with Gasteiger partial charge in [-0.15, -0.1) is 0 Å². The lowest BCUT2D eigenvalue weighted by Gasteiger charge is -2.34. The zero-order valence-electron chi connectivity index (χ0n) is 16.5. The highest BCUT2D eigenvalue weighted by molar-refractivity contribution is 6.10. The van der Waals surface area contributed by atoms with E-state index >= 15 is 0 Å². The largest absolute Gasteiger partial charge is 0.326 e. The highest BCUT2D eigenvalue weighted by Crippen LogP contribution is 2.37. The monoisotopic (exact) mass is 404 g/mol. The van der Waals surface area contributed by atoms with Crippen molar-refractivity contribution in [2.24, 2.45) is 5.92 Å². The lowest BCUT2D eigenvalue weighted by atomic mass is 9.75. The van der Waals surface area contributed by atoms with Crippen molar-refractivity contribution in [2.75, 3.05) is 17.2 Å².